The number of rotatable bonds is 7. The SMILES string of the molecule is CN(Cc1ccccc1N1CCCCC1)C(=O)CCCn1cnc2ccccc2c1=O. The molecule has 0 spiro atoms. The number of carbonyl (C=O) groups is 1. The summed E-state index contributed by atoms with van der Waals surface area (Å²) in [5, 5.41) is 0.614. The van der Waals surface area contributed by atoms with Gasteiger partial charge in [-0.3, -0.25) is 14.2 Å². The molecule has 0 radical (unpaired) electrons. The molecule has 0 saturated carbocycles. The smallest absolute Gasteiger partial charge is 0.261 e. The first-order valence-electron chi connectivity index (χ1n) is 11.1. The number of hydrogen-bond donors (Lipinski definition) is 0. The zero-order valence-corrected chi connectivity index (χ0v) is 18.2. The fourth-order valence-corrected chi connectivity index (χ4v) is 4.29. The van der Waals surface area contributed by atoms with Crippen molar-refractivity contribution in [2.45, 2.75) is 45.2 Å². The van der Waals surface area contributed by atoms with Crippen LogP contribution in [0.3, 0.4) is 0 Å². The predicted molar refractivity (Wildman–Crippen MR) is 124 cm³/mol. The highest BCUT2D eigenvalue weighted by Gasteiger charge is 2.17. The van der Waals surface area contributed by atoms with Crippen LogP contribution in [0, 0.1) is 0 Å². The molecule has 2 heterocycles. The Morgan fingerprint density at radius 2 is 1.77 bits per heavy atom. The molecule has 0 N–H and O–H groups in total. The third-order valence-electron chi connectivity index (χ3n) is 6.04. The molecule has 3 aromatic rings. The fraction of sp³-hybridized carbons (Fsp3) is 0.400. The number of piperidine rings is 1. The van der Waals surface area contributed by atoms with E-state index in [1.165, 1.54) is 30.5 Å². The Morgan fingerprint density at radius 3 is 2.61 bits per heavy atom. The molecule has 6 heteroatoms. The molecule has 1 amide bonds. The van der Waals surface area contributed by atoms with Crippen molar-refractivity contribution in [2.24, 2.45) is 0 Å². The van der Waals surface area contributed by atoms with Crippen LogP contribution in [0.5, 0.6) is 0 Å². The predicted octanol–water partition coefficient (Wildman–Crippen LogP) is 3.83. The number of carbonyl (C=O) groups excluding carboxylic acids is 1. The van der Waals surface area contributed by atoms with Gasteiger partial charge in [0.1, 0.15) is 0 Å². The second kappa shape index (κ2) is 9.77. The third kappa shape index (κ3) is 4.95. The number of amides is 1. The third-order valence-corrected chi connectivity index (χ3v) is 6.04. The van der Waals surface area contributed by atoms with E-state index in [-0.39, 0.29) is 11.5 Å². The molecule has 162 valence electrons. The largest absolute Gasteiger partial charge is 0.371 e. The number of anilines is 1. The summed E-state index contributed by atoms with van der Waals surface area (Å²) in [6.07, 6.45) is 6.34. The maximum Gasteiger partial charge on any atom is 0.261 e. The van der Waals surface area contributed by atoms with Gasteiger partial charge in [-0.2, -0.15) is 0 Å². The van der Waals surface area contributed by atoms with Gasteiger partial charge in [0.25, 0.3) is 5.56 Å². The summed E-state index contributed by atoms with van der Waals surface area (Å²) in [6, 6.07) is 15.7. The number of nitrogens with zero attached hydrogens (tertiary/aromatic N) is 4. The van der Waals surface area contributed by atoms with Crippen molar-refractivity contribution >= 4 is 22.5 Å². The van der Waals surface area contributed by atoms with Crippen LogP contribution >= 0.6 is 0 Å². The fourth-order valence-electron chi connectivity index (χ4n) is 4.29. The normalized spacial score (nSPS) is 14.0. The van der Waals surface area contributed by atoms with Crippen LogP contribution in [-0.2, 0) is 17.9 Å². The van der Waals surface area contributed by atoms with E-state index in [0.717, 1.165) is 13.1 Å². The van der Waals surface area contributed by atoms with E-state index in [1.54, 1.807) is 21.9 Å². The van der Waals surface area contributed by atoms with Crippen molar-refractivity contribution in [2.75, 3.05) is 25.0 Å². The summed E-state index contributed by atoms with van der Waals surface area (Å²) >= 11 is 0. The average molecular weight is 419 g/mol. The number of benzene rings is 2. The van der Waals surface area contributed by atoms with Crippen LogP contribution in [0.4, 0.5) is 5.69 Å². The molecule has 0 unspecified atom stereocenters. The van der Waals surface area contributed by atoms with Crippen molar-refractivity contribution < 1.29 is 4.79 Å². The second-order valence-corrected chi connectivity index (χ2v) is 8.29. The van der Waals surface area contributed by atoms with Crippen molar-refractivity contribution in [1.29, 1.82) is 0 Å². The van der Waals surface area contributed by atoms with Crippen LogP contribution in [0.1, 0.15) is 37.7 Å². The topological polar surface area (TPSA) is 58.4 Å². The lowest BCUT2D eigenvalue weighted by atomic mass is 10.1. The van der Waals surface area contributed by atoms with E-state index in [2.05, 4.69) is 28.1 Å². The van der Waals surface area contributed by atoms with Gasteiger partial charge < -0.3 is 9.80 Å². The Labute approximate surface area is 183 Å². The van der Waals surface area contributed by atoms with E-state index in [1.807, 2.05) is 31.3 Å². The van der Waals surface area contributed by atoms with Crippen LogP contribution in [0.2, 0.25) is 0 Å². The maximum absolute atomic E-state index is 12.7. The quantitative estimate of drug-likeness (QED) is 0.585. The van der Waals surface area contributed by atoms with Crippen LogP contribution < -0.4 is 10.5 Å². The first-order chi connectivity index (χ1) is 15.1. The minimum atomic E-state index is -0.0538. The van der Waals surface area contributed by atoms with Gasteiger partial charge in [0, 0.05) is 45.3 Å². The summed E-state index contributed by atoms with van der Waals surface area (Å²) in [5.41, 5.74) is 3.08. The Morgan fingerprint density at radius 1 is 1.03 bits per heavy atom. The Balaban J connectivity index is 1.35. The Kier molecular flexibility index (Phi) is 6.65. The van der Waals surface area contributed by atoms with Gasteiger partial charge in [-0.15, -0.1) is 0 Å². The Hall–Kier alpha value is -3.15. The minimum Gasteiger partial charge on any atom is -0.371 e. The molecule has 1 fully saturated rings. The number of fused-ring (bicyclic) bond motifs is 1. The lowest BCUT2D eigenvalue weighted by Crippen LogP contribution is -2.32. The van der Waals surface area contributed by atoms with E-state index >= 15 is 0 Å². The minimum absolute atomic E-state index is 0.0538. The lowest BCUT2D eigenvalue weighted by Gasteiger charge is -2.31. The molecule has 1 aliphatic heterocycles. The van der Waals surface area contributed by atoms with Gasteiger partial charge in [-0.1, -0.05) is 30.3 Å². The van der Waals surface area contributed by atoms with E-state index in [4.69, 9.17) is 0 Å². The highest BCUT2D eigenvalue weighted by atomic mass is 16.2. The molecule has 0 aliphatic carbocycles. The molecule has 1 saturated heterocycles. The molecule has 4 rings (SSSR count). The average Bonchev–Trinajstić information content (AvgIpc) is 2.81. The molecule has 6 nitrogen and oxygen atoms in total. The first-order valence-corrected chi connectivity index (χ1v) is 11.1. The summed E-state index contributed by atoms with van der Waals surface area (Å²) in [7, 11) is 1.86. The molecule has 0 bridgehead atoms. The van der Waals surface area contributed by atoms with E-state index < -0.39 is 0 Å². The van der Waals surface area contributed by atoms with Crippen molar-refractivity contribution in [3.63, 3.8) is 0 Å². The van der Waals surface area contributed by atoms with Crippen molar-refractivity contribution in [1.82, 2.24) is 14.5 Å². The van der Waals surface area contributed by atoms with Crippen LogP contribution in [0.25, 0.3) is 10.9 Å². The zero-order chi connectivity index (χ0) is 21.6. The van der Waals surface area contributed by atoms with Crippen LogP contribution in [-0.4, -0.2) is 40.5 Å². The van der Waals surface area contributed by atoms with Gasteiger partial charge in [0.05, 0.1) is 17.2 Å². The first kappa shape index (κ1) is 21.1. The molecule has 31 heavy (non-hydrogen) atoms. The monoisotopic (exact) mass is 418 g/mol. The molecule has 1 aliphatic rings. The second-order valence-electron chi connectivity index (χ2n) is 8.29. The van der Waals surface area contributed by atoms with Crippen LogP contribution in [0.15, 0.2) is 59.7 Å². The Bertz CT molecular complexity index is 1100. The summed E-state index contributed by atoms with van der Waals surface area (Å²) < 4.78 is 1.60. The number of para-hydroxylation sites is 2. The molecule has 2 aromatic carbocycles. The standard InChI is InChI=1S/C25H30N4O2/c1-27(18-20-10-3-6-13-23(20)28-15-7-2-8-16-28)24(30)14-9-17-29-19-26-22-12-5-4-11-21(22)25(29)31/h3-6,10-13,19H,2,7-9,14-18H2,1H3. The molecular formula is C25H30N4O2. The summed E-state index contributed by atoms with van der Waals surface area (Å²) in [6.45, 7) is 3.26. The maximum atomic E-state index is 12.7. The number of aromatic nitrogens is 2. The van der Waals surface area contributed by atoms with Gasteiger partial charge in [0.15, 0.2) is 0 Å². The molecule has 1 aromatic heterocycles. The molecular weight excluding hydrogens is 388 g/mol. The molecule has 0 atom stereocenters. The van der Waals surface area contributed by atoms with Crippen molar-refractivity contribution in [3.05, 3.63) is 70.8 Å². The highest BCUT2D eigenvalue weighted by Crippen LogP contribution is 2.25. The zero-order valence-electron chi connectivity index (χ0n) is 18.2. The number of aryl methyl sites for hydroxylation is 1. The summed E-state index contributed by atoms with van der Waals surface area (Å²) in [5.74, 6) is 0.0928. The van der Waals surface area contributed by atoms with Gasteiger partial charge in [-0.25, -0.2) is 4.98 Å². The van der Waals surface area contributed by atoms with Crippen molar-refractivity contribution in [3.8, 4) is 0 Å². The van der Waals surface area contributed by atoms with E-state index in [0.29, 0.717) is 36.8 Å². The van der Waals surface area contributed by atoms with E-state index in [9.17, 15) is 9.59 Å². The summed E-state index contributed by atoms with van der Waals surface area (Å²) in [4.78, 5) is 33.9. The van der Waals surface area contributed by atoms with Gasteiger partial charge >= 0.3 is 0 Å². The number of hydrogen-bond acceptors (Lipinski definition) is 4. The lowest BCUT2D eigenvalue weighted by molar-refractivity contribution is -0.130. The van der Waals surface area contributed by atoms with Gasteiger partial charge in [0.2, 0.25) is 5.91 Å². The van der Waals surface area contributed by atoms with Gasteiger partial charge in [-0.05, 0) is 49.4 Å². The highest BCUT2D eigenvalue weighted by molar-refractivity contribution is 5.77.